The standard InChI is InChI=1S/C8H6F2NO2/c1-13-8-5(10)2-3-6(11-8)7(12)4-9/h2H,4H2,1H3. The summed E-state index contributed by atoms with van der Waals surface area (Å²) in [5, 5.41) is 0. The summed E-state index contributed by atoms with van der Waals surface area (Å²) in [7, 11) is 1.20. The molecule has 0 N–H and O–H groups in total. The predicted molar refractivity (Wildman–Crippen MR) is 39.9 cm³/mol. The van der Waals surface area contributed by atoms with Crippen molar-refractivity contribution in [2.24, 2.45) is 0 Å². The Morgan fingerprint density at radius 3 is 3.00 bits per heavy atom. The molecule has 13 heavy (non-hydrogen) atoms. The van der Waals surface area contributed by atoms with Gasteiger partial charge in [-0.3, -0.25) is 4.79 Å². The molecule has 3 nitrogen and oxygen atoms in total. The zero-order valence-corrected chi connectivity index (χ0v) is 6.80. The van der Waals surface area contributed by atoms with Gasteiger partial charge in [-0.05, 0) is 6.07 Å². The summed E-state index contributed by atoms with van der Waals surface area (Å²) < 4.78 is 29.1. The third kappa shape index (κ3) is 1.99. The fourth-order valence-corrected chi connectivity index (χ4v) is 0.730. The molecule has 0 amide bonds. The number of carbonyl (C=O) groups is 1. The molecule has 5 heteroatoms. The summed E-state index contributed by atoms with van der Waals surface area (Å²) >= 11 is 0. The van der Waals surface area contributed by atoms with Crippen LogP contribution in [-0.2, 0) is 0 Å². The largest absolute Gasteiger partial charge is 0.479 e. The Balaban J connectivity index is 3.06. The van der Waals surface area contributed by atoms with Crippen molar-refractivity contribution in [2.45, 2.75) is 0 Å². The molecule has 0 fully saturated rings. The Labute approximate surface area is 73.4 Å². The van der Waals surface area contributed by atoms with E-state index in [1.54, 1.807) is 0 Å². The lowest BCUT2D eigenvalue weighted by Crippen LogP contribution is -2.06. The highest BCUT2D eigenvalue weighted by molar-refractivity contribution is 5.94. The molecular formula is C8H6F2NO2. The van der Waals surface area contributed by atoms with E-state index in [-0.39, 0.29) is 11.6 Å². The fourth-order valence-electron chi connectivity index (χ4n) is 0.730. The summed E-state index contributed by atoms with van der Waals surface area (Å²) in [4.78, 5) is 14.2. The Bertz CT molecular complexity index is 328. The van der Waals surface area contributed by atoms with Gasteiger partial charge in [0.25, 0.3) is 5.88 Å². The second-order valence-corrected chi connectivity index (χ2v) is 2.16. The lowest BCUT2D eigenvalue weighted by molar-refractivity contribution is 0.0952. The molecule has 1 radical (unpaired) electrons. The van der Waals surface area contributed by atoms with E-state index in [9.17, 15) is 13.6 Å². The Morgan fingerprint density at radius 2 is 2.46 bits per heavy atom. The molecule has 0 unspecified atom stereocenters. The lowest BCUT2D eigenvalue weighted by atomic mass is 10.2. The van der Waals surface area contributed by atoms with Crippen LogP contribution in [0, 0.1) is 11.9 Å². The van der Waals surface area contributed by atoms with Crippen LogP contribution in [0.1, 0.15) is 10.5 Å². The van der Waals surface area contributed by atoms with Crippen LogP contribution >= 0.6 is 0 Å². The topological polar surface area (TPSA) is 39.2 Å². The number of ether oxygens (including phenoxy) is 1. The third-order valence-electron chi connectivity index (χ3n) is 1.33. The molecule has 0 bridgehead atoms. The first-order valence-electron chi connectivity index (χ1n) is 3.40. The number of methoxy groups -OCH3 is 1. The maximum atomic E-state index is 12.7. The number of hydrogen-bond donors (Lipinski definition) is 0. The van der Waals surface area contributed by atoms with Gasteiger partial charge in [0.2, 0.25) is 5.78 Å². The number of nitrogens with zero attached hydrogens (tertiary/aromatic N) is 1. The first kappa shape index (κ1) is 9.57. The minimum atomic E-state index is -1.18. The van der Waals surface area contributed by atoms with Gasteiger partial charge in [0.1, 0.15) is 5.69 Å². The number of rotatable bonds is 3. The van der Waals surface area contributed by atoms with Gasteiger partial charge in [-0.25, -0.2) is 13.8 Å². The van der Waals surface area contributed by atoms with Crippen molar-refractivity contribution in [1.82, 2.24) is 4.98 Å². The van der Waals surface area contributed by atoms with E-state index < -0.39 is 18.3 Å². The first-order valence-corrected chi connectivity index (χ1v) is 3.40. The lowest BCUT2D eigenvalue weighted by Gasteiger charge is -2.01. The normalized spacial score (nSPS) is 9.77. The molecule has 1 aromatic rings. The van der Waals surface area contributed by atoms with E-state index in [2.05, 4.69) is 15.8 Å². The summed E-state index contributed by atoms with van der Waals surface area (Å²) in [6.45, 7) is -1.18. The third-order valence-corrected chi connectivity index (χ3v) is 1.33. The molecule has 1 heterocycles. The van der Waals surface area contributed by atoms with Crippen LogP contribution in [0.15, 0.2) is 6.07 Å². The van der Waals surface area contributed by atoms with Gasteiger partial charge >= 0.3 is 0 Å². The number of hydrogen-bond acceptors (Lipinski definition) is 3. The molecule has 0 saturated heterocycles. The minimum Gasteiger partial charge on any atom is -0.479 e. The average Bonchev–Trinajstić information content (AvgIpc) is 2.17. The van der Waals surface area contributed by atoms with Gasteiger partial charge in [0, 0.05) is 6.07 Å². The molecule has 0 spiro atoms. The maximum absolute atomic E-state index is 12.7. The Morgan fingerprint density at radius 1 is 1.77 bits per heavy atom. The molecular weight excluding hydrogens is 180 g/mol. The minimum absolute atomic E-state index is 0.263. The zero-order chi connectivity index (χ0) is 9.84. The van der Waals surface area contributed by atoms with E-state index in [1.807, 2.05) is 0 Å². The van der Waals surface area contributed by atoms with E-state index in [1.165, 1.54) is 7.11 Å². The second kappa shape index (κ2) is 3.93. The van der Waals surface area contributed by atoms with Crippen LogP contribution in [-0.4, -0.2) is 24.6 Å². The highest BCUT2D eigenvalue weighted by Crippen LogP contribution is 2.13. The summed E-state index contributed by atoms with van der Waals surface area (Å²) in [5.41, 5.74) is -0.263. The van der Waals surface area contributed by atoms with Gasteiger partial charge in [-0.1, -0.05) is 0 Å². The molecule has 0 aliphatic carbocycles. The van der Waals surface area contributed by atoms with Crippen LogP contribution in [0.3, 0.4) is 0 Å². The van der Waals surface area contributed by atoms with Crippen molar-refractivity contribution in [3.8, 4) is 5.88 Å². The number of aromatic nitrogens is 1. The number of pyridine rings is 1. The summed E-state index contributed by atoms with van der Waals surface area (Å²) in [6.07, 6.45) is 0. The SMILES string of the molecule is COc1nc(C(=O)CF)[c]cc1F. The van der Waals surface area contributed by atoms with Crippen LogP contribution in [0.2, 0.25) is 0 Å². The number of ketones is 1. The van der Waals surface area contributed by atoms with Crippen molar-refractivity contribution in [2.75, 3.05) is 13.8 Å². The summed E-state index contributed by atoms with van der Waals surface area (Å²) in [6, 6.07) is 3.09. The Kier molecular flexibility index (Phi) is 2.89. The van der Waals surface area contributed by atoms with Crippen molar-refractivity contribution < 1.29 is 18.3 Å². The first-order chi connectivity index (χ1) is 6.19. The Hall–Kier alpha value is -1.52. The second-order valence-electron chi connectivity index (χ2n) is 2.16. The molecule has 1 rings (SSSR count). The number of alkyl halides is 1. The van der Waals surface area contributed by atoms with E-state index >= 15 is 0 Å². The van der Waals surface area contributed by atoms with E-state index in [0.717, 1.165) is 6.07 Å². The summed E-state index contributed by atoms with van der Waals surface area (Å²) in [5.74, 6) is -1.92. The highest BCUT2D eigenvalue weighted by atomic mass is 19.1. The zero-order valence-electron chi connectivity index (χ0n) is 6.80. The molecule has 0 aliphatic rings. The molecule has 69 valence electrons. The number of halogens is 2. The predicted octanol–water partition coefficient (Wildman–Crippen LogP) is 1.18. The van der Waals surface area contributed by atoms with Crippen molar-refractivity contribution >= 4 is 5.78 Å². The van der Waals surface area contributed by atoms with Gasteiger partial charge < -0.3 is 4.74 Å². The van der Waals surface area contributed by atoms with Gasteiger partial charge in [-0.15, -0.1) is 0 Å². The fraction of sp³-hybridized carbons (Fsp3) is 0.250. The quantitative estimate of drug-likeness (QED) is 0.665. The molecule has 0 aliphatic heterocycles. The number of carbonyl (C=O) groups excluding carboxylic acids is 1. The van der Waals surface area contributed by atoms with Crippen LogP contribution in [0.5, 0.6) is 5.88 Å². The van der Waals surface area contributed by atoms with Crippen LogP contribution in [0.25, 0.3) is 0 Å². The van der Waals surface area contributed by atoms with E-state index in [4.69, 9.17) is 0 Å². The van der Waals surface area contributed by atoms with Crippen molar-refractivity contribution in [3.63, 3.8) is 0 Å². The average molecular weight is 186 g/mol. The van der Waals surface area contributed by atoms with Crippen molar-refractivity contribution in [3.05, 3.63) is 23.6 Å². The molecule has 0 saturated carbocycles. The smallest absolute Gasteiger partial charge is 0.250 e. The van der Waals surface area contributed by atoms with Gasteiger partial charge in [0.15, 0.2) is 12.5 Å². The number of Topliss-reactive ketones (excluding diaryl/α,β-unsaturated/α-hetero) is 1. The van der Waals surface area contributed by atoms with Gasteiger partial charge in [0.05, 0.1) is 7.11 Å². The monoisotopic (exact) mass is 186 g/mol. The van der Waals surface area contributed by atoms with Crippen LogP contribution in [0.4, 0.5) is 8.78 Å². The van der Waals surface area contributed by atoms with E-state index in [0.29, 0.717) is 0 Å². The molecule has 1 aromatic heterocycles. The highest BCUT2D eigenvalue weighted by Gasteiger charge is 2.11. The van der Waals surface area contributed by atoms with Gasteiger partial charge in [-0.2, -0.15) is 0 Å². The molecule has 0 aromatic carbocycles. The maximum Gasteiger partial charge on any atom is 0.250 e. The molecule has 0 atom stereocenters. The van der Waals surface area contributed by atoms with Crippen molar-refractivity contribution in [1.29, 1.82) is 0 Å². The van der Waals surface area contributed by atoms with Crippen LogP contribution < -0.4 is 4.74 Å².